The summed E-state index contributed by atoms with van der Waals surface area (Å²) in [4.78, 5) is 16.3. The second-order valence-corrected chi connectivity index (χ2v) is 7.88. The van der Waals surface area contributed by atoms with Gasteiger partial charge in [-0.05, 0) is 59.8 Å². The summed E-state index contributed by atoms with van der Waals surface area (Å²) >= 11 is 0.973. The quantitative estimate of drug-likeness (QED) is 0.264. The van der Waals surface area contributed by atoms with Crippen LogP contribution in [-0.2, 0) is 0 Å². The van der Waals surface area contributed by atoms with Crippen LogP contribution in [0.5, 0.6) is 0 Å². The lowest BCUT2D eigenvalue weighted by Gasteiger charge is -2.21. The van der Waals surface area contributed by atoms with E-state index < -0.39 is 36.2 Å². The first-order chi connectivity index (χ1) is 15.6. The molecule has 7 N–H and O–H groups in total. The van der Waals surface area contributed by atoms with Crippen LogP contribution in [0.4, 0.5) is 33.2 Å². The number of amides is 2. The molecule has 33 heavy (non-hydrogen) atoms. The van der Waals surface area contributed by atoms with E-state index in [2.05, 4.69) is 15.6 Å². The number of aromatic nitrogens is 1. The molecule has 3 aromatic rings. The average Bonchev–Trinajstić information content (AvgIpc) is 3.14. The maximum Gasteiger partial charge on any atom is 0.401 e. The summed E-state index contributed by atoms with van der Waals surface area (Å²) in [6.07, 6.45) is -2.74. The van der Waals surface area contributed by atoms with Gasteiger partial charge in [0, 0.05) is 11.4 Å². The van der Waals surface area contributed by atoms with Gasteiger partial charge in [-0.2, -0.15) is 13.2 Å². The van der Waals surface area contributed by atoms with Crippen LogP contribution in [0.15, 0.2) is 66.0 Å². The summed E-state index contributed by atoms with van der Waals surface area (Å²) < 4.78 is 54.7. The first kappa shape index (κ1) is 24.0. The average molecular weight is 481 g/mol. The van der Waals surface area contributed by atoms with E-state index in [1.165, 1.54) is 42.5 Å². The number of benzene rings is 2. The Kier molecular flexibility index (Phi) is 7.19. The van der Waals surface area contributed by atoms with Crippen molar-refractivity contribution in [3.63, 3.8) is 0 Å². The number of aliphatic hydroxyl groups is 1. The summed E-state index contributed by atoms with van der Waals surface area (Å²) in [5.41, 5.74) is 11.1. The molecule has 2 aromatic carbocycles. The fourth-order valence-electron chi connectivity index (χ4n) is 2.98. The number of hydrogen-bond donors (Lipinski definition) is 5. The van der Waals surface area contributed by atoms with Crippen LogP contribution in [-0.4, -0.2) is 28.9 Å². The van der Waals surface area contributed by atoms with Crippen LogP contribution in [0.3, 0.4) is 0 Å². The van der Waals surface area contributed by atoms with Crippen LogP contribution in [0.2, 0.25) is 0 Å². The summed E-state index contributed by atoms with van der Waals surface area (Å²) in [6.45, 7) is -0.565. The topological polar surface area (TPSA) is 126 Å². The molecular formula is C21H19F4N5O2S. The van der Waals surface area contributed by atoms with Crippen molar-refractivity contribution in [1.82, 2.24) is 4.98 Å². The molecule has 0 bridgehead atoms. The summed E-state index contributed by atoms with van der Waals surface area (Å²) in [6, 6.07) is 8.38. The highest BCUT2D eigenvalue weighted by Crippen LogP contribution is 2.40. The molecule has 1 heterocycles. The van der Waals surface area contributed by atoms with Gasteiger partial charge in [0.05, 0.1) is 16.8 Å². The number of nitrogens with zero attached hydrogens (tertiary/aromatic N) is 1. The Labute approximate surface area is 189 Å². The largest absolute Gasteiger partial charge is 0.404 e. The van der Waals surface area contributed by atoms with Crippen molar-refractivity contribution in [2.75, 3.05) is 17.2 Å². The fourth-order valence-corrected chi connectivity index (χ4v) is 3.89. The maximum absolute atomic E-state index is 13.8. The van der Waals surface area contributed by atoms with Gasteiger partial charge in [0.1, 0.15) is 11.7 Å². The van der Waals surface area contributed by atoms with E-state index in [1.807, 2.05) is 0 Å². The predicted molar refractivity (Wildman–Crippen MR) is 119 cm³/mol. The second-order valence-electron chi connectivity index (χ2n) is 6.85. The van der Waals surface area contributed by atoms with Gasteiger partial charge in [-0.15, -0.1) is 0 Å². The van der Waals surface area contributed by atoms with Crippen molar-refractivity contribution in [2.24, 2.45) is 11.5 Å². The number of allylic oxidation sites excluding steroid dienone is 1. The molecule has 0 aliphatic rings. The minimum atomic E-state index is -4.70. The molecule has 0 aliphatic carbocycles. The molecule has 174 valence electrons. The van der Waals surface area contributed by atoms with Crippen LogP contribution in [0.25, 0.3) is 10.2 Å². The van der Waals surface area contributed by atoms with Crippen molar-refractivity contribution in [3.05, 3.63) is 77.4 Å². The van der Waals surface area contributed by atoms with Crippen LogP contribution in [0, 0.1) is 5.82 Å². The molecule has 1 atom stereocenters. The number of nitrogens with two attached hydrogens (primary N) is 2. The Bertz CT molecular complexity index is 1210. The van der Waals surface area contributed by atoms with Crippen molar-refractivity contribution >= 4 is 38.4 Å². The third kappa shape index (κ3) is 5.99. The normalized spacial score (nSPS) is 13.7. The lowest BCUT2D eigenvalue weighted by Crippen LogP contribution is -2.26. The molecule has 1 aromatic heterocycles. The highest BCUT2D eigenvalue weighted by Gasteiger charge is 2.42. The lowest BCUT2D eigenvalue weighted by atomic mass is 9.94. The van der Waals surface area contributed by atoms with Gasteiger partial charge in [-0.1, -0.05) is 17.4 Å². The Morgan fingerprint density at radius 2 is 1.88 bits per heavy atom. The Morgan fingerprint density at radius 3 is 2.48 bits per heavy atom. The number of halogens is 4. The standard InChI is InChI=1S/C21H19F4N5O2S/c22-13-2-4-14(5-3-13)28-19(32)30-20-29-16-6-1-12(8-17(16)33-20)18(21(23,24)25)15(27)7-11(9-26)10-31/h1-9,18,31H,10,26-27H2,(H2,28,29,30,32)/b11-9+,15-7-. The minimum Gasteiger partial charge on any atom is -0.404 e. The van der Waals surface area contributed by atoms with Gasteiger partial charge in [-0.3, -0.25) is 5.32 Å². The van der Waals surface area contributed by atoms with E-state index in [0.29, 0.717) is 15.9 Å². The van der Waals surface area contributed by atoms with Crippen molar-refractivity contribution < 1.29 is 27.5 Å². The predicted octanol–water partition coefficient (Wildman–Crippen LogP) is 4.40. The van der Waals surface area contributed by atoms with E-state index in [1.54, 1.807) is 0 Å². The number of alkyl halides is 3. The number of carbonyl (C=O) groups excluding carboxylic acids is 1. The highest BCUT2D eigenvalue weighted by atomic mass is 32.1. The molecule has 12 heteroatoms. The van der Waals surface area contributed by atoms with E-state index in [0.717, 1.165) is 23.6 Å². The number of fused-ring (bicyclic) bond motifs is 1. The number of urea groups is 1. The molecule has 0 spiro atoms. The smallest absolute Gasteiger partial charge is 0.401 e. The van der Waals surface area contributed by atoms with E-state index >= 15 is 0 Å². The molecule has 0 radical (unpaired) electrons. The van der Waals surface area contributed by atoms with Gasteiger partial charge < -0.3 is 21.9 Å². The first-order valence-electron chi connectivity index (χ1n) is 9.40. The van der Waals surface area contributed by atoms with Crippen molar-refractivity contribution in [3.8, 4) is 0 Å². The molecule has 0 saturated heterocycles. The number of thiazole rings is 1. The molecule has 0 saturated carbocycles. The zero-order valence-electron chi connectivity index (χ0n) is 16.9. The van der Waals surface area contributed by atoms with Crippen molar-refractivity contribution in [2.45, 2.75) is 12.1 Å². The maximum atomic E-state index is 13.8. The third-order valence-corrected chi connectivity index (χ3v) is 5.41. The number of nitrogens with one attached hydrogen (secondary N) is 2. The monoisotopic (exact) mass is 481 g/mol. The number of rotatable bonds is 6. The zero-order chi connectivity index (χ0) is 24.2. The third-order valence-electron chi connectivity index (χ3n) is 4.48. The van der Waals surface area contributed by atoms with Gasteiger partial charge in [0.25, 0.3) is 0 Å². The summed E-state index contributed by atoms with van der Waals surface area (Å²) in [5.74, 6) is -2.59. The van der Waals surface area contributed by atoms with Gasteiger partial charge in [-0.25, -0.2) is 14.2 Å². The van der Waals surface area contributed by atoms with Gasteiger partial charge >= 0.3 is 12.2 Å². The number of anilines is 2. The second kappa shape index (κ2) is 9.88. The van der Waals surface area contributed by atoms with Crippen LogP contribution >= 0.6 is 11.3 Å². The minimum absolute atomic E-state index is 0.0410. The number of hydrogen-bond acceptors (Lipinski definition) is 6. The summed E-state index contributed by atoms with van der Waals surface area (Å²) in [7, 11) is 0. The van der Waals surface area contributed by atoms with Crippen LogP contribution in [0.1, 0.15) is 11.5 Å². The Morgan fingerprint density at radius 1 is 1.18 bits per heavy atom. The summed E-state index contributed by atoms with van der Waals surface area (Å²) in [5, 5.41) is 14.3. The lowest BCUT2D eigenvalue weighted by molar-refractivity contribution is -0.142. The SMILES string of the molecule is N/C=C(\C=C(/N)C(c1ccc2nc(NC(=O)Nc3ccc(F)cc3)sc2c1)C(F)(F)F)CO. The zero-order valence-corrected chi connectivity index (χ0v) is 17.7. The molecule has 0 aliphatic heterocycles. The molecule has 2 amide bonds. The van der Waals surface area contributed by atoms with Gasteiger partial charge in [0.2, 0.25) is 0 Å². The molecule has 1 unspecified atom stereocenters. The first-order valence-corrected chi connectivity index (χ1v) is 10.2. The van der Waals surface area contributed by atoms with E-state index in [-0.39, 0.29) is 16.3 Å². The number of carbonyl (C=O) groups is 1. The van der Waals surface area contributed by atoms with Gasteiger partial charge in [0.15, 0.2) is 5.13 Å². The fraction of sp³-hybridized carbons (Fsp3) is 0.143. The highest BCUT2D eigenvalue weighted by molar-refractivity contribution is 7.22. The van der Waals surface area contributed by atoms with E-state index in [9.17, 15) is 22.4 Å². The van der Waals surface area contributed by atoms with Crippen LogP contribution < -0.4 is 22.1 Å². The van der Waals surface area contributed by atoms with E-state index in [4.69, 9.17) is 16.6 Å². The molecule has 7 nitrogen and oxygen atoms in total. The Balaban J connectivity index is 1.85. The molecule has 0 fully saturated rings. The molecule has 3 rings (SSSR count). The molecular weight excluding hydrogens is 462 g/mol. The van der Waals surface area contributed by atoms with Crippen molar-refractivity contribution in [1.29, 1.82) is 0 Å². The Hall–Kier alpha value is -3.64. The number of aliphatic hydroxyl groups excluding tert-OH is 1.